The fourth-order valence-corrected chi connectivity index (χ4v) is 1.77. The Hall–Kier alpha value is -1.32. The van der Waals surface area contributed by atoms with Gasteiger partial charge in [0, 0.05) is 11.1 Å². The number of hydrogen-bond donors (Lipinski definition) is 2. The summed E-state index contributed by atoms with van der Waals surface area (Å²) in [4.78, 5) is 21.9. The van der Waals surface area contributed by atoms with Crippen molar-refractivity contribution in [3.8, 4) is 0 Å². The highest BCUT2D eigenvalue weighted by atomic mass is 16.4. The molecule has 0 atom stereocenters. The van der Waals surface area contributed by atoms with Crippen LogP contribution in [0.25, 0.3) is 0 Å². The molecule has 0 saturated carbocycles. The Morgan fingerprint density at radius 3 is 1.93 bits per heavy atom. The smallest absolute Gasteiger partial charge is 0.332 e. The number of nitrogens with two attached hydrogens (primary N) is 1. The lowest BCUT2D eigenvalue weighted by Gasteiger charge is -2.12. The molecule has 0 spiro atoms. The topological polar surface area (TPSA) is 80.4 Å². The summed E-state index contributed by atoms with van der Waals surface area (Å²) >= 11 is 0. The number of carbonyl (C=O) groups excluding carboxylic acids is 1. The van der Waals surface area contributed by atoms with Crippen LogP contribution >= 0.6 is 0 Å². The summed E-state index contributed by atoms with van der Waals surface area (Å²) < 4.78 is 0. The molecular weight excluding hydrogens is 182 g/mol. The van der Waals surface area contributed by atoms with Crippen LogP contribution in [0.3, 0.4) is 0 Å². The third kappa shape index (κ3) is 2.58. The monoisotopic (exact) mass is 197 g/mol. The summed E-state index contributed by atoms with van der Waals surface area (Å²) in [6.45, 7) is 0. The highest BCUT2D eigenvalue weighted by Gasteiger charge is 2.19. The second-order valence-electron chi connectivity index (χ2n) is 3.54. The van der Waals surface area contributed by atoms with E-state index in [1.807, 2.05) is 0 Å². The van der Waals surface area contributed by atoms with Crippen molar-refractivity contribution in [2.24, 2.45) is 5.73 Å². The van der Waals surface area contributed by atoms with Gasteiger partial charge in [0.1, 0.15) is 0 Å². The highest BCUT2D eigenvalue weighted by Crippen LogP contribution is 2.22. The molecule has 0 aromatic carbocycles. The molecule has 1 aliphatic carbocycles. The molecule has 0 unspecified atom stereocenters. The lowest BCUT2D eigenvalue weighted by atomic mass is 9.93. The van der Waals surface area contributed by atoms with E-state index < -0.39 is 11.9 Å². The number of carbonyl (C=O) groups is 2. The molecule has 1 amide bonds. The lowest BCUT2D eigenvalue weighted by molar-refractivity contribution is -0.133. The highest BCUT2D eigenvalue weighted by molar-refractivity contribution is 6.01. The van der Waals surface area contributed by atoms with Crippen LogP contribution in [0.2, 0.25) is 0 Å². The molecule has 3 N–H and O–H groups in total. The van der Waals surface area contributed by atoms with Crippen LogP contribution in [-0.4, -0.2) is 17.0 Å². The van der Waals surface area contributed by atoms with Crippen LogP contribution in [0.4, 0.5) is 0 Å². The fourth-order valence-electron chi connectivity index (χ4n) is 1.77. The molecule has 1 aliphatic rings. The van der Waals surface area contributed by atoms with Gasteiger partial charge in [-0.05, 0) is 25.7 Å². The number of rotatable bonds is 2. The minimum Gasteiger partial charge on any atom is -0.478 e. The zero-order chi connectivity index (χ0) is 10.6. The van der Waals surface area contributed by atoms with Crippen molar-refractivity contribution >= 4 is 11.9 Å². The Balaban J connectivity index is 2.97. The first-order chi connectivity index (χ1) is 6.63. The first-order valence-corrected chi connectivity index (χ1v) is 4.88. The first kappa shape index (κ1) is 10.8. The quantitative estimate of drug-likeness (QED) is 0.698. The molecular formula is C10H15NO3. The minimum atomic E-state index is -0.999. The van der Waals surface area contributed by atoms with Gasteiger partial charge in [0.15, 0.2) is 0 Å². The van der Waals surface area contributed by atoms with Gasteiger partial charge in [0.25, 0.3) is 0 Å². The van der Waals surface area contributed by atoms with Gasteiger partial charge in [-0.25, -0.2) is 4.79 Å². The van der Waals surface area contributed by atoms with Gasteiger partial charge in [-0.3, -0.25) is 4.79 Å². The van der Waals surface area contributed by atoms with Gasteiger partial charge < -0.3 is 10.8 Å². The average Bonchev–Trinajstić information content (AvgIpc) is 2.01. The molecule has 0 radical (unpaired) electrons. The maximum Gasteiger partial charge on any atom is 0.332 e. The molecule has 1 rings (SSSR count). The zero-order valence-electron chi connectivity index (χ0n) is 8.08. The first-order valence-electron chi connectivity index (χ1n) is 4.88. The largest absolute Gasteiger partial charge is 0.478 e. The van der Waals surface area contributed by atoms with E-state index in [1.54, 1.807) is 0 Å². The van der Waals surface area contributed by atoms with Gasteiger partial charge >= 0.3 is 5.97 Å². The van der Waals surface area contributed by atoms with Crippen molar-refractivity contribution in [3.05, 3.63) is 11.1 Å². The van der Waals surface area contributed by atoms with Crippen LogP contribution in [-0.2, 0) is 9.59 Å². The summed E-state index contributed by atoms with van der Waals surface area (Å²) in [6, 6.07) is 0. The van der Waals surface area contributed by atoms with E-state index in [0.717, 1.165) is 25.7 Å². The average molecular weight is 197 g/mol. The van der Waals surface area contributed by atoms with Crippen LogP contribution < -0.4 is 5.73 Å². The maximum atomic E-state index is 11.0. The summed E-state index contributed by atoms with van der Waals surface area (Å²) in [6.07, 6.45) is 4.74. The number of hydrogen-bond acceptors (Lipinski definition) is 2. The van der Waals surface area contributed by atoms with Gasteiger partial charge in [-0.2, -0.15) is 0 Å². The third-order valence-corrected chi connectivity index (χ3v) is 2.52. The van der Waals surface area contributed by atoms with Crippen LogP contribution in [0.1, 0.15) is 38.5 Å². The lowest BCUT2D eigenvalue weighted by Crippen LogP contribution is -2.20. The summed E-state index contributed by atoms with van der Waals surface area (Å²) in [5, 5.41) is 8.91. The molecule has 78 valence electrons. The molecule has 4 heteroatoms. The number of amides is 1. The van der Waals surface area contributed by atoms with Crippen molar-refractivity contribution in [2.45, 2.75) is 38.5 Å². The van der Waals surface area contributed by atoms with Crippen molar-refractivity contribution < 1.29 is 14.7 Å². The molecule has 0 saturated heterocycles. The SMILES string of the molecule is NC(=O)C1=C(C(=O)O)CCCCCC1. The number of carboxylic acid groups (broad SMARTS) is 1. The fraction of sp³-hybridized carbons (Fsp3) is 0.600. The van der Waals surface area contributed by atoms with Gasteiger partial charge in [-0.1, -0.05) is 12.8 Å². The van der Waals surface area contributed by atoms with E-state index in [0.29, 0.717) is 18.4 Å². The zero-order valence-corrected chi connectivity index (χ0v) is 8.08. The van der Waals surface area contributed by atoms with Crippen LogP contribution in [0.15, 0.2) is 11.1 Å². The van der Waals surface area contributed by atoms with Crippen molar-refractivity contribution in [3.63, 3.8) is 0 Å². The van der Waals surface area contributed by atoms with Gasteiger partial charge in [0.2, 0.25) is 5.91 Å². The minimum absolute atomic E-state index is 0.220. The van der Waals surface area contributed by atoms with Gasteiger partial charge in [-0.15, -0.1) is 0 Å². The third-order valence-electron chi connectivity index (χ3n) is 2.52. The van der Waals surface area contributed by atoms with Crippen molar-refractivity contribution in [1.29, 1.82) is 0 Å². The Labute approximate surface area is 82.8 Å². The molecule has 0 fully saturated rings. The summed E-state index contributed by atoms with van der Waals surface area (Å²) in [5.41, 5.74) is 5.69. The Morgan fingerprint density at radius 2 is 1.50 bits per heavy atom. The molecule has 0 aromatic rings. The molecule has 14 heavy (non-hydrogen) atoms. The van der Waals surface area contributed by atoms with Crippen molar-refractivity contribution in [2.75, 3.05) is 0 Å². The molecule has 0 aliphatic heterocycles. The molecule has 0 aromatic heterocycles. The molecule has 0 heterocycles. The van der Waals surface area contributed by atoms with E-state index in [4.69, 9.17) is 10.8 Å². The Morgan fingerprint density at radius 1 is 1.00 bits per heavy atom. The van der Waals surface area contributed by atoms with Crippen molar-refractivity contribution in [1.82, 2.24) is 0 Å². The van der Waals surface area contributed by atoms with E-state index >= 15 is 0 Å². The normalized spacial score (nSPS) is 18.6. The van der Waals surface area contributed by atoms with E-state index in [2.05, 4.69) is 0 Å². The van der Waals surface area contributed by atoms with Gasteiger partial charge in [0.05, 0.1) is 0 Å². The van der Waals surface area contributed by atoms with Crippen LogP contribution in [0.5, 0.6) is 0 Å². The molecule has 0 bridgehead atoms. The van der Waals surface area contributed by atoms with E-state index in [1.165, 1.54) is 0 Å². The summed E-state index contributed by atoms with van der Waals surface area (Å²) in [5.74, 6) is -1.58. The van der Waals surface area contributed by atoms with Crippen LogP contribution in [0, 0.1) is 0 Å². The summed E-state index contributed by atoms with van der Waals surface area (Å²) in [7, 11) is 0. The second kappa shape index (κ2) is 4.79. The van der Waals surface area contributed by atoms with E-state index in [-0.39, 0.29) is 5.57 Å². The van der Waals surface area contributed by atoms with E-state index in [9.17, 15) is 9.59 Å². The number of primary amides is 1. The Kier molecular flexibility index (Phi) is 3.68. The predicted octanol–water partition coefficient (Wildman–Crippen LogP) is 1.21. The maximum absolute atomic E-state index is 11.0. The predicted molar refractivity (Wildman–Crippen MR) is 51.6 cm³/mol. The standard InChI is InChI=1S/C10H15NO3/c11-9(12)7-5-3-1-2-4-6-8(7)10(13)14/h1-6H2,(H2,11,12)(H,13,14). The number of carboxylic acids is 1. The Bertz CT molecular complexity index is 253. The second-order valence-corrected chi connectivity index (χ2v) is 3.54. The number of aliphatic carboxylic acids is 1. The molecule has 4 nitrogen and oxygen atoms in total.